The van der Waals surface area contributed by atoms with Crippen LogP contribution in [0.1, 0.15) is 30.4 Å². The molecule has 3 rings (SSSR count). The first-order valence-corrected chi connectivity index (χ1v) is 8.54. The Kier molecular flexibility index (Phi) is 5.17. The lowest BCUT2D eigenvalue weighted by Gasteiger charge is -2.11. The zero-order chi connectivity index (χ0) is 17.8. The molecule has 0 radical (unpaired) electrons. The van der Waals surface area contributed by atoms with Gasteiger partial charge in [-0.1, -0.05) is 37.3 Å². The first-order valence-electron chi connectivity index (χ1n) is 8.54. The van der Waals surface area contributed by atoms with Crippen LogP contribution < -0.4 is 0 Å². The lowest BCUT2D eigenvalue weighted by atomic mass is 9.96. The fraction of sp³-hybridized carbons (Fsp3) is 0.286. The average molecular weight is 339 g/mol. The molecule has 0 saturated carbocycles. The van der Waals surface area contributed by atoms with E-state index in [-0.39, 0.29) is 17.7 Å². The monoisotopic (exact) mass is 339 g/mol. The van der Waals surface area contributed by atoms with Gasteiger partial charge in [0, 0.05) is 23.6 Å². The average Bonchev–Trinajstić information content (AvgIpc) is 2.99. The van der Waals surface area contributed by atoms with E-state index in [1.54, 1.807) is 6.07 Å². The summed E-state index contributed by atoms with van der Waals surface area (Å²) in [5, 5.41) is 0.783. The van der Waals surface area contributed by atoms with E-state index >= 15 is 0 Å². The number of halogens is 1. The molecule has 3 aromatic rings. The third-order valence-electron chi connectivity index (χ3n) is 4.63. The van der Waals surface area contributed by atoms with Crippen LogP contribution in [0.2, 0.25) is 0 Å². The molecule has 3 nitrogen and oxygen atoms in total. The Hall–Kier alpha value is -2.62. The van der Waals surface area contributed by atoms with Gasteiger partial charge in [-0.25, -0.2) is 4.39 Å². The molecule has 1 heterocycles. The first-order chi connectivity index (χ1) is 12.1. The van der Waals surface area contributed by atoms with Crippen LogP contribution in [-0.4, -0.2) is 17.6 Å². The largest absolute Gasteiger partial charge is 0.469 e. The number of aromatic nitrogens is 1. The molecule has 0 fully saturated rings. The predicted molar refractivity (Wildman–Crippen MR) is 97.1 cm³/mol. The quantitative estimate of drug-likeness (QED) is 0.610. The van der Waals surface area contributed by atoms with E-state index in [9.17, 15) is 9.18 Å². The molecule has 130 valence electrons. The number of methoxy groups -OCH3 is 1. The third kappa shape index (κ3) is 3.58. The Morgan fingerprint density at radius 2 is 1.96 bits per heavy atom. The molecular formula is C21H22FNO2. The Labute approximate surface area is 147 Å². The fourth-order valence-electron chi connectivity index (χ4n) is 3.31. The lowest BCUT2D eigenvalue weighted by Crippen LogP contribution is -2.13. The number of esters is 1. The maximum atomic E-state index is 13.8. The highest BCUT2D eigenvalue weighted by molar-refractivity contribution is 5.90. The van der Waals surface area contributed by atoms with Crippen molar-refractivity contribution in [1.29, 1.82) is 0 Å². The van der Waals surface area contributed by atoms with Crippen LogP contribution in [0.5, 0.6) is 0 Å². The van der Waals surface area contributed by atoms with Crippen molar-refractivity contribution in [2.75, 3.05) is 7.11 Å². The Morgan fingerprint density at radius 3 is 2.64 bits per heavy atom. The molecule has 25 heavy (non-hydrogen) atoms. The maximum Gasteiger partial charge on any atom is 0.313 e. The molecule has 0 bridgehead atoms. The van der Waals surface area contributed by atoms with E-state index < -0.39 is 0 Å². The zero-order valence-corrected chi connectivity index (χ0v) is 14.5. The number of fused-ring (bicyclic) bond motifs is 1. The topological polar surface area (TPSA) is 31.2 Å². The Balaban J connectivity index is 2.00. The van der Waals surface area contributed by atoms with E-state index in [0.29, 0.717) is 6.42 Å². The van der Waals surface area contributed by atoms with Crippen LogP contribution in [0.15, 0.2) is 54.7 Å². The van der Waals surface area contributed by atoms with Crippen molar-refractivity contribution in [2.45, 2.75) is 32.2 Å². The van der Waals surface area contributed by atoms with Crippen molar-refractivity contribution >= 4 is 16.9 Å². The van der Waals surface area contributed by atoms with E-state index in [0.717, 1.165) is 29.4 Å². The number of ether oxygens (including phenoxy) is 1. The van der Waals surface area contributed by atoms with E-state index in [2.05, 4.69) is 16.7 Å². The van der Waals surface area contributed by atoms with Gasteiger partial charge in [0.15, 0.2) is 0 Å². The highest BCUT2D eigenvalue weighted by Crippen LogP contribution is 2.31. The number of aryl methyl sites for hydroxylation is 2. The van der Waals surface area contributed by atoms with Crippen LogP contribution in [0, 0.1) is 5.82 Å². The van der Waals surface area contributed by atoms with Crippen molar-refractivity contribution < 1.29 is 13.9 Å². The highest BCUT2D eigenvalue weighted by atomic mass is 19.1. The number of hydrogen-bond acceptors (Lipinski definition) is 2. The van der Waals surface area contributed by atoms with Gasteiger partial charge < -0.3 is 9.30 Å². The van der Waals surface area contributed by atoms with Gasteiger partial charge in [-0.05, 0) is 42.2 Å². The van der Waals surface area contributed by atoms with Gasteiger partial charge in [0.1, 0.15) is 5.82 Å². The molecule has 0 spiro atoms. The molecule has 0 saturated heterocycles. The van der Waals surface area contributed by atoms with Gasteiger partial charge in [-0.3, -0.25) is 4.79 Å². The van der Waals surface area contributed by atoms with Crippen molar-refractivity contribution in [3.8, 4) is 0 Å². The fourth-order valence-corrected chi connectivity index (χ4v) is 3.31. The van der Waals surface area contributed by atoms with Crippen LogP contribution in [0.4, 0.5) is 4.39 Å². The van der Waals surface area contributed by atoms with Gasteiger partial charge in [-0.2, -0.15) is 0 Å². The molecule has 1 atom stereocenters. The summed E-state index contributed by atoms with van der Waals surface area (Å²) in [6.45, 7) is 2.71. The summed E-state index contributed by atoms with van der Waals surface area (Å²) in [6, 6.07) is 15.0. The van der Waals surface area contributed by atoms with Crippen LogP contribution in [0.25, 0.3) is 10.9 Å². The molecule has 0 aliphatic heterocycles. The van der Waals surface area contributed by atoms with Gasteiger partial charge >= 0.3 is 5.97 Å². The van der Waals surface area contributed by atoms with E-state index in [1.165, 1.54) is 24.8 Å². The zero-order valence-electron chi connectivity index (χ0n) is 14.5. The van der Waals surface area contributed by atoms with Crippen LogP contribution in [0.3, 0.4) is 0 Å². The van der Waals surface area contributed by atoms with Gasteiger partial charge in [0.05, 0.1) is 13.0 Å². The summed E-state index contributed by atoms with van der Waals surface area (Å²) in [7, 11) is 1.39. The number of carbonyl (C=O) groups is 1. The van der Waals surface area contributed by atoms with Crippen molar-refractivity contribution in [3.05, 3.63) is 71.7 Å². The number of nitrogens with zero attached hydrogens (tertiary/aromatic N) is 1. The summed E-state index contributed by atoms with van der Waals surface area (Å²) >= 11 is 0. The summed E-state index contributed by atoms with van der Waals surface area (Å²) in [5.74, 6) is -0.963. The number of hydrogen-bond donors (Lipinski definition) is 0. The van der Waals surface area contributed by atoms with Gasteiger partial charge in [-0.15, -0.1) is 0 Å². The molecule has 4 heteroatoms. The maximum absolute atomic E-state index is 13.8. The highest BCUT2D eigenvalue weighted by Gasteiger charge is 2.24. The van der Waals surface area contributed by atoms with E-state index in [1.807, 2.05) is 31.3 Å². The van der Waals surface area contributed by atoms with Gasteiger partial charge in [0.25, 0.3) is 0 Å². The minimum absolute atomic E-state index is 0.283. The smallest absolute Gasteiger partial charge is 0.313 e. The molecular weight excluding hydrogens is 317 g/mol. The molecule has 0 aliphatic carbocycles. The molecule has 0 aliphatic rings. The van der Waals surface area contributed by atoms with Crippen molar-refractivity contribution in [3.63, 3.8) is 0 Å². The minimum atomic E-state index is -0.382. The van der Waals surface area contributed by atoms with Gasteiger partial charge in [0.2, 0.25) is 0 Å². The molecule has 2 aromatic carbocycles. The third-order valence-corrected chi connectivity index (χ3v) is 4.63. The van der Waals surface area contributed by atoms with E-state index in [4.69, 9.17) is 4.74 Å². The second-order valence-electron chi connectivity index (χ2n) is 6.16. The molecule has 0 amide bonds. The molecule has 1 unspecified atom stereocenters. The second-order valence-corrected chi connectivity index (χ2v) is 6.16. The second kappa shape index (κ2) is 7.51. The lowest BCUT2D eigenvalue weighted by molar-refractivity contribution is -0.142. The Bertz CT molecular complexity index is 870. The predicted octanol–water partition coefficient (Wildman–Crippen LogP) is 4.69. The summed E-state index contributed by atoms with van der Waals surface area (Å²) in [6.07, 6.45) is 3.45. The van der Waals surface area contributed by atoms with Crippen LogP contribution >= 0.6 is 0 Å². The number of benzene rings is 2. The molecule has 1 aromatic heterocycles. The Morgan fingerprint density at radius 1 is 1.20 bits per heavy atom. The first kappa shape index (κ1) is 17.2. The number of carbonyl (C=O) groups excluding carboxylic acids is 1. The SMILES string of the molecule is CCC(C(=O)OC)c1cn(CCc2ccccc2)c2ccc(F)cc12. The number of rotatable bonds is 6. The summed E-state index contributed by atoms with van der Waals surface area (Å²) < 4.78 is 20.8. The minimum Gasteiger partial charge on any atom is -0.469 e. The summed E-state index contributed by atoms with van der Waals surface area (Å²) in [4.78, 5) is 12.1. The van der Waals surface area contributed by atoms with Crippen LogP contribution in [-0.2, 0) is 22.5 Å². The summed E-state index contributed by atoms with van der Waals surface area (Å²) in [5.41, 5.74) is 3.01. The van der Waals surface area contributed by atoms with Crippen molar-refractivity contribution in [1.82, 2.24) is 4.57 Å². The standard InChI is InChI=1S/C21H22FNO2/c1-3-17(21(24)25-2)19-14-23(12-11-15-7-5-4-6-8-15)20-10-9-16(22)13-18(19)20/h4-10,13-14,17H,3,11-12H2,1-2H3. The molecule has 0 N–H and O–H groups in total. The van der Waals surface area contributed by atoms with Crippen molar-refractivity contribution in [2.24, 2.45) is 0 Å². The normalized spacial score (nSPS) is 12.3.